The number of hydrogen-bond donors (Lipinski definition) is 2. The van der Waals surface area contributed by atoms with Crippen molar-refractivity contribution in [2.24, 2.45) is 0 Å². The van der Waals surface area contributed by atoms with Crippen molar-refractivity contribution < 1.29 is 9.90 Å². The number of aliphatic hydroxyl groups is 1. The molecule has 24 heavy (non-hydrogen) atoms. The Morgan fingerprint density at radius 2 is 2.08 bits per heavy atom. The Morgan fingerprint density at radius 1 is 1.33 bits per heavy atom. The number of β-amino-alcohol motifs (C(OH)–C–C–N with tert-alkyl or cyclic N) is 1. The van der Waals surface area contributed by atoms with Crippen molar-refractivity contribution in [3.63, 3.8) is 0 Å². The van der Waals surface area contributed by atoms with Gasteiger partial charge in [0, 0.05) is 32.7 Å². The van der Waals surface area contributed by atoms with Gasteiger partial charge in [0.25, 0.3) is 5.91 Å². The van der Waals surface area contributed by atoms with Crippen LogP contribution in [0, 0.1) is 0 Å². The van der Waals surface area contributed by atoms with Crippen LogP contribution in [0.5, 0.6) is 0 Å². The normalized spacial score (nSPS) is 26.4. The summed E-state index contributed by atoms with van der Waals surface area (Å²) in [4.78, 5) is 20.6. The third kappa shape index (κ3) is 3.87. The van der Waals surface area contributed by atoms with Gasteiger partial charge in [-0.25, -0.2) is 4.98 Å². The van der Waals surface area contributed by atoms with Crippen molar-refractivity contribution in [1.29, 1.82) is 0 Å². The van der Waals surface area contributed by atoms with Crippen LogP contribution in [0.2, 0.25) is 0 Å². The van der Waals surface area contributed by atoms with E-state index in [4.69, 9.17) is 0 Å². The lowest BCUT2D eigenvalue weighted by molar-refractivity contribution is -0.0331. The molecule has 1 aromatic rings. The summed E-state index contributed by atoms with van der Waals surface area (Å²) in [5, 5.41) is 12.9. The van der Waals surface area contributed by atoms with Crippen molar-refractivity contribution in [1.82, 2.24) is 15.2 Å². The van der Waals surface area contributed by atoms with E-state index in [9.17, 15) is 9.90 Å². The molecule has 6 nitrogen and oxygen atoms in total. The Morgan fingerprint density at radius 3 is 2.67 bits per heavy atom. The molecular weight excluding hydrogens is 304 g/mol. The van der Waals surface area contributed by atoms with E-state index >= 15 is 0 Å². The van der Waals surface area contributed by atoms with Gasteiger partial charge in [-0.3, -0.25) is 9.69 Å². The molecule has 2 fully saturated rings. The molecule has 0 saturated carbocycles. The highest BCUT2D eigenvalue weighted by molar-refractivity contribution is 5.92. The van der Waals surface area contributed by atoms with Crippen LogP contribution >= 0.6 is 0 Å². The molecule has 2 N–H and O–H groups in total. The molecule has 2 saturated heterocycles. The zero-order chi connectivity index (χ0) is 17.2. The highest BCUT2D eigenvalue weighted by atomic mass is 16.3. The number of hydrogen-bond acceptors (Lipinski definition) is 5. The fraction of sp³-hybridized carbons (Fsp3) is 0.667. The molecule has 6 heteroatoms. The van der Waals surface area contributed by atoms with Gasteiger partial charge in [0.15, 0.2) is 0 Å². The van der Waals surface area contributed by atoms with Crippen molar-refractivity contribution in [2.75, 3.05) is 38.1 Å². The summed E-state index contributed by atoms with van der Waals surface area (Å²) in [6.45, 7) is 5.83. The Balaban J connectivity index is 1.56. The van der Waals surface area contributed by atoms with Gasteiger partial charge < -0.3 is 15.3 Å². The number of nitrogens with one attached hydrogen (secondary N) is 1. The van der Waals surface area contributed by atoms with Gasteiger partial charge in [-0.1, -0.05) is 0 Å². The minimum Gasteiger partial charge on any atom is -0.389 e. The SMILES string of the molecule is CNC(=O)c1ccc(N2CCC(N3CCCC(C)(O)C3)CC2)cn1. The van der Waals surface area contributed by atoms with Crippen LogP contribution < -0.4 is 10.2 Å². The zero-order valence-corrected chi connectivity index (χ0v) is 14.7. The molecule has 3 heterocycles. The van der Waals surface area contributed by atoms with E-state index in [1.54, 1.807) is 19.3 Å². The van der Waals surface area contributed by atoms with Crippen molar-refractivity contribution >= 4 is 11.6 Å². The van der Waals surface area contributed by atoms with E-state index in [-0.39, 0.29) is 5.91 Å². The number of nitrogens with zero attached hydrogens (tertiary/aromatic N) is 3. The van der Waals surface area contributed by atoms with Gasteiger partial charge in [-0.2, -0.15) is 0 Å². The predicted molar refractivity (Wildman–Crippen MR) is 94.3 cm³/mol. The number of piperidine rings is 2. The maximum absolute atomic E-state index is 11.6. The third-order valence-electron chi connectivity index (χ3n) is 5.26. The number of carbonyl (C=O) groups excluding carboxylic acids is 1. The van der Waals surface area contributed by atoms with Crippen LogP contribution in [-0.4, -0.2) is 65.8 Å². The molecule has 2 aliphatic rings. The monoisotopic (exact) mass is 332 g/mol. The first-order chi connectivity index (χ1) is 11.5. The number of likely N-dealkylation sites (tertiary alicyclic amines) is 1. The Hall–Kier alpha value is -1.66. The van der Waals surface area contributed by atoms with Gasteiger partial charge in [-0.15, -0.1) is 0 Å². The molecule has 1 amide bonds. The minimum atomic E-state index is -0.533. The summed E-state index contributed by atoms with van der Waals surface area (Å²) in [6.07, 6.45) is 5.99. The number of amides is 1. The highest BCUT2D eigenvalue weighted by Gasteiger charge is 2.33. The molecule has 1 atom stereocenters. The fourth-order valence-electron chi connectivity index (χ4n) is 3.89. The van der Waals surface area contributed by atoms with E-state index in [1.807, 2.05) is 13.0 Å². The average Bonchev–Trinajstić information content (AvgIpc) is 2.60. The molecule has 3 rings (SSSR count). The second-order valence-electron chi connectivity index (χ2n) is 7.27. The van der Waals surface area contributed by atoms with Gasteiger partial charge in [0.2, 0.25) is 0 Å². The van der Waals surface area contributed by atoms with Gasteiger partial charge >= 0.3 is 0 Å². The van der Waals surface area contributed by atoms with Crippen LogP contribution in [-0.2, 0) is 0 Å². The summed E-state index contributed by atoms with van der Waals surface area (Å²) in [7, 11) is 1.61. The van der Waals surface area contributed by atoms with Crippen molar-refractivity contribution in [2.45, 2.75) is 44.2 Å². The fourth-order valence-corrected chi connectivity index (χ4v) is 3.89. The predicted octanol–water partition coefficient (Wildman–Crippen LogP) is 1.26. The van der Waals surface area contributed by atoms with Gasteiger partial charge in [0.05, 0.1) is 17.5 Å². The number of pyridine rings is 1. The molecular formula is C18H28N4O2. The average molecular weight is 332 g/mol. The van der Waals surface area contributed by atoms with E-state index in [0.717, 1.165) is 57.5 Å². The second kappa shape index (κ2) is 7.07. The first-order valence-corrected chi connectivity index (χ1v) is 8.88. The van der Waals surface area contributed by atoms with Gasteiger partial charge in [0.1, 0.15) is 5.69 Å². The quantitative estimate of drug-likeness (QED) is 0.872. The number of anilines is 1. The molecule has 0 spiro atoms. The molecule has 0 bridgehead atoms. The van der Waals surface area contributed by atoms with Crippen molar-refractivity contribution in [3.8, 4) is 0 Å². The Labute approximate surface area is 143 Å². The molecule has 1 unspecified atom stereocenters. The summed E-state index contributed by atoms with van der Waals surface area (Å²) in [5.74, 6) is -0.155. The smallest absolute Gasteiger partial charge is 0.269 e. The third-order valence-corrected chi connectivity index (χ3v) is 5.26. The molecule has 0 radical (unpaired) electrons. The van der Waals surface area contributed by atoms with Crippen LogP contribution in [0.1, 0.15) is 43.1 Å². The maximum Gasteiger partial charge on any atom is 0.269 e. The van der Waals surface area contributed by atoms with Crippen LogP contribution in [0.4, 0.5) is 5.69 Å². The van der Waals surface area contributed by atoms with Crippen molar-refractivity contribution in [3.05, 3.63) is 24.0 Å². The Bertz CT molecular complexity index is 565. The van der Waals surface area contributed by atoms with E-state index in [2.05, 4.69) is 20.1 Å². The minimum absolute atomic E-state index is 0.155. The largest absolute Gasteiger partial charge is 0.389 e. The van der Waals surface area contributed by atoms with Crippen LogP contribution in [0.3, 0.4) is 0 Å². The lowest BCUT2D eigenvalue weighted by atomic mass is 9.92. The number of carbonyl (C=O) groups is 1. The summed E-state index contributed by atoms with van der Waals surface area (Å²) in [5.41, 5.74) is 0.994. The van der Waals surface area contributed by atoms with Gasteiger partial charge in [-0.05, 0) is 51.3 Å². The summed E-state index contributed by atoms with van der Waals surface area (Å²) >= 11 is 0. The van der Waals surface area contributed by atoms with E-state index in [1.165, 1.54) is 0 Å². The molecule has 0 aliphatic carbocycles. The lowest BCUT2D eigenvalue weighted by Gasteiger charge is -2.44. The molecule has 0 aromatic carbocycles. The van der Waals surface area contributed by atoms with E-state index < -0.39 is 5.60 Å². The summed E-state index contributed by atoms with van der Waals surface area (Å²) < 4.78 is 0. The highest BCUT2D eigenvalue weighted by Crippen LogP contribution is 2.27. The standard InChI is InChI=1S/C18H28N4O2/c1-18(24)8-3-9-22(13-18)14-6-10-21(11-7-14)15-4-5-16(20-12-15)17(23)19-2/h4-5,12,14,24H,3,6-11,13H2,1-2H3,(H,19,23). The summed E-state index contributed by atoms with van der Waals surface area (Å²) in [6, 6.07) is 4.32. The Kier molecular flexibility index (Phi) is 5.06. The number of aromatic nitrogens is 1. The first-order valence-electron chi connectivity index (χ1n) is 8.88. The molecule has 2 aliphatic heterocycles. The van der Waals surface area contributed by atoms with Crippen LogP contribution in [0.25, 0.3) is 0 Å². The maximum atomic E-state index is 11.6. The van der Waals surface area contributed by atoms with Crippen LogP contribution in [0.15, 0.2) is 18.3 Å². The molecule has 1 aromatic heterocycles. The topological polar surface area (TPSA) is 68.7 Å². The molecule has 132 valence electrons. The second-order valence-corrected chi connectivity index (χ2v) is 7.27. The first kappa shape index (κ1) is 17.2. The van der Waals surface area contributed by atoms with E-state index in [0.29, 0.717) is 11.7 Å². The number of rotatable bonds is 3. The lowest BCUT2D eigenvalue weighted by Crippen LogP contribution is -2.53. The zero-order valence-electron chi connectivity index (χ0n) is 14.7.